The van der Waals surface area contributed by atoms with Crippen molar-refractivity contribution in [2.24, 2.45) is 0 Å². The van der Waals surface area contributed by atoms with Gasteiger partial charge in [0.15, 0.2) is 0 Å². The molecule has 1 saturated heterocycles. The summed E-state index contributed by atoms with van der Waals surface area (Å²) in [6.45, 7) is 1.40. The number of nitrogens with zero attached hydrogens (tertiary/aromatic N) is 2. The molecule has 26 heavy (non-hydrogen) atoms. The number of H-pyrrole nitrogens is 1. The molecule has 1 atom stereocenters. The van der Waals surface area contributed by atoms with E-state index in [2.05, 4.69) is 15.5 Å². The molecule has 0 saturated carbocycles. The maximum absolute atomic E-state index is 12.6. The molecule has 3 heterocycles. The second-order valence-electron chi connectivity index (χ2n) is 6.54. The summed E-state index contributed by atoms with van der Waals surface area (Å²) in [4.78, 5) is 25.8. The molecule has 2 aliphatic heterocycles. The third-order valence-electron chi connectivity index (χ3n) is 4.80. The minimum atomic E-state index is -0.401. The van der Waals surface area contributed by atoms with E-state index < -0.39 is 6.04 Å². The van der Waals surface area contributed by atoms with Crippen LogP contribution < -0.4 is 10.1 Å². The van der Waals surface area contributed by atoms with Crippen LogP contribution in [0.1, 0.15) is 29.8 Å². The largest absolute Gasteiger partial charge is 0.487 e. The molecule has 0 radical (unpaired) electrons. The first-order valence-electron chi connectivity index (χ1n) is 8.61. The smallest absolute Gasteiger partial charge is 0.245 e. The Labute approximate surface area is 155 Å². The lowest BCUT2D eigenvalue weighted by atomic mass is 10.0. The summed E-state index contributed by atoms with van der Waals surface area (Å²) in [6.07, 6.45) is 1.70. The molecular weight excluding hydrogens is 356 g/mol. The van der Waals surface area contributed by atoms with Crippen molar-refractivity contribution in [3.63, 3.8) is 0 Å². The first-order chi connectivity index (χ1) is 12.6. The van der Waals surface area contributed by atoms with Crippen LogP contribution in [-0.4, -0.2) is 39.5 Å². The van der Waals surface area contributed by atoms with Crippen LogP contribution >= 0.6 is 11.6 Å². The number of aromatic amines is 1. The zero-order valence-corrected chi connectivity index (χ0v) is 14.9. The number of nitrogens with one attached hydrogen (secondary N) is 2. The highest BCUT2D eigenvalue weighted by Gasteiger charge is 2.33. The Kier molecular flexibility index (Phi) is 4.55. The van der Waals surface area contributed by atoms with Gasteiger partial charge in [0.05, 0.1) is 0 Å². The number of aromatic nitrogens is 2. The van der Waals surface area contributed by atoms with Crippen LogP contribution in [0.5, 0.6) is 5.75 Å². The molecule has 1 aromatic heterocycles. The van der Waals surface area contributed by atoms with E-state index in [1.807, 2.05) is 12.1 Å². The molecule has 2 aromatic rings. The molecule has 136 valence electrons. The Balaban J connectivity index is 1.44. The predicted octanol–water partition coefficient (Wildman–Crippen LogP) is 1.81. The molecule has 2 amide bonds. The number of hydrogen-bond acceptors (Lipinski definition) is 4. The van der Waals surface area contributed by atoms with Gasteiger partial charge in [0.1, 0.15) is 24.1 Å². The molecular formula is C18H19ClN4O3. The molecule has 1 aromatic carbocycles. The minimum Gasteiger partial charge on any atom is -0.487 e. The zero-order chi connectivity index (χ0) is 18.1. The number of carbonyl (C=O) groups excluding carboxylic acids is 2. The lowest BCUT2D eigenvalue weighted by Crippen LogP contribution is -2.46. The third-order valence-corrected chi connectivity index (χ3v) is 5.03. The van der Waals surface area contributed by atoms with E-state index in [9.17, 15) is 9.59 Å². The van der Waals surface area contributed by atoms with E-state index >= 15 is 0 Å². The number of halogens is 1. The van der Waals surface area contributed by atoms with Gasteiger partial charge in [-0.2, -0.15) is 5.10 Å². The first kappa shape index (κ1) is 16.9. The molecule has 0 aliphatic carbocycles. The van der Waals surface area contributed by atoms with Crippen molar-refractivity contribution in [2.75, 3.05) is 6.54 Å². The molecule has 2 N–H and O–H groups in total. The molecule has 8 heteroatoms. The summed E-state index contributed by atoms with van der Waals surface area (Å²) in [5.41, 5.74) is 2.82. The maximum Gasteiger partial charge on any atom is 0.245 e. The lowest BCUT2D eigenvalue weighted by Gasteiger charge is -2.29. The number of rotatable bonds is 4. The molecule has 4 rings (SSSR count). The number of carbonyl (C=O) groups is 2. The fourth-order valence-electron chi connectivity index (χ4n) is 3.39. The van der Waals surface area contributed by atoms with Crippen LogP contribution in [0.2, 0.25) is 5.02 Å². The summed E-state index contributed by atoms with van der Waals surface area (Å²) >= 11 is 5.97. The third kappa shape index (κ3) is 3.39. The van der Waals surface area contributed by atoms with E-state index in [-0.39, 0.29) is 11.8 Å². The summed E-state index contributed by atoms with van der Waals surface area (Å²) in [6, 6.07) is 6.80. The highest BCUT2D eigenvalue weighted by atomic mass is 35.5. The van der Waals surface area contributed by atoms with Crippen molar-refractivity contribution in [1.29, 1.82) is 0 Å². The highest BCUT2D eigenvalue weighted by Crippen LogP contribution is 2.24. The Bertz CT molecular complexity index is 851. The monoisotopic (exact) mass is 374 g/mol. The Morgan fingerprint density at radius 1 is 1.38 bits per heavy atom. The summed E-state index contributed by atoms with van der Waals surface area (Å²) in [5, 5.41) is 10.8. The van der Waals surface area contributed by atoms with Crippen LogP contribution in [0.25, 0.3) is 0 Å². The fraction of sp³-hybridized carbons (Fsp3) is 0.389. The topological polar surface area (TPSA) is 87.3 Å². The molecule has 0 unspecified atom stereocenters. The quantitative estimate of drug-likeness (QED) is 0.854. The lowest BCUT2D eigenvalue weighted by molar-refractivity contribution is -0.135. The number of ether oxygens (including phenoxy) is 1. The average molecular weight is 375 g/mol. The Hall–Kier alpha value is -2.54. The molecule has 2 aliphatic rings. The van der Waals surface area contributed by atoms with Crippen LogP contribution in [0.15, 0.2) is 24.3 Å². The van der Waals surface area contributed by atoms with Crippen LogP contribution in [0.3, 0.4) is 0 Å². The first-order valence-corrected chi connectivity index (χ1v) is 8.99. The predicted molar refractivity (Wildman–Crippen MR) is 94.7 cm³/mol. The standard InChI is InChI=1S/C18H19ClN4O3/c19-11-2-1-3-12(8-11)26-10-16-13-9-23(7-6-14(13)21-22-16)18(25)15-4-5-17(24)20-15/h1-3,8,15H,4-7,9-10H2,(H,20,24)(H,21,22)/t15-/m0/s1. The number of hydrogen-bond donors (Lipinski definition) is 2. The summed E-state index contributed by atoms with van der Waals surface area (Å²) in [7, 11) is 0. The van der Waals surface area contributed by atoms with Gasteiger partial charge in [-0.3, -0.25) is 14.7 Å². The van der Waals surface area contributed by atoms with Crippen LogP contribution in [0, 0.1) is 0 Å². The van der Waals surface area contributed by atoms with E-state index in [1.54, 1.807) is 17.0 Å². The van der Waals surface area contributed by atoms with Gasteiger partial charge in [-0.1, -0.05) is 17.7 Å². The second kappa shape index (κ2) is 6.99. The fourth-order valence-corrected chi connectivity index (χ4v) is 3.57. The van der Waals surface area contributed by atoms with Crippen LogP contribution in [-0.2, 0) is 29.2 Å². The zero-order valence-electron chi connectivity index (χ0n) is 14.1. The van der Waals surface area contributed by atoms with E-state index in [0.29, 0.717) is 49.7 Å². The normalized spacial score (nSPS) is 19.2. The van der Waals surface area contributed by atoms with Crippen molar-refractivity contribution < 1.29 is 14.3 Å². The van der Waals surface area contributed by atoms with Gasteiger partial charge in [0, 0.05) is 42.2 Å². The highest BCUT2D eigenvalue weighted by molar-refractivity contribution is 6.30. The Morgan fingerprint density at radius 3 is 3.04 bits per heavy atom. The minimum absolute atomic E-state index is 0.0237. The number of fused-ring (bicyclic) bond motifs is 1. The van der Waals surface area contributed by atoms with Crippen molar-refractivity contribution in [2.45, 2.75) is 38.5 Å². The van der Waals surface area contributed by atoms with Gasteiger partial charge in [0.2, 0.25) is 11.8 Å². The van der Waals surface area contributed by atoms with E-state index in [1.165, 1.54) is 0 Å². The summed E-state index contributed by atoms with van der Waals surface area (Å²) in [5.74, 6) is 0.594. The second-order valence-corrected chi connectivity index (χ2v) is 6.98. The molecule has 0 bridgehead atoms. The van der Waals surface area contributed by atoms with E-state index in [0.717, 1.165) is 17.0 Å². The SMILES string of the molecule is O=C1CC[C@@H](C(=O)N2CCc3[nH]nc(COc4cccc(Cl)c4)c3C2)N1. The van der Waals surface area contributed by atoms with Gasteiger partial charge < -0.3 is 15.0 Å². The van der Waals surface area contributed by atoms with Gasteiger partial charge in [-0.25, -0.2) is 0 Å². The van der Waals surface area contributed by atoms with Gasteiger partial charge in [-0.05, 0) is 24.6 Å². The number of benzene rings is 1. The number of amides is 2. The van der Waals surface area contributed by atoms with Gasteiger partial charge in [-0.15, -0.1) is 0 Å². The van der Waals surface area contributed by atoms with E-state index in [4.69, 9.17) is 16.3 Å². The van der Waals surface area contributed by atoms with Gasteiger partial charge >= 0.3 is 0 Å². The van der Waals surface area contributed by atoms with Crippen LogP contribution in [0.4, 0.5) is 0 Å². The molecule has 1 fully saturated rings. The Morgan fingerprint density at radius 2 is 2.27 bits per heavy atom. The van der Waals surface area contributed by atoms with Crippen molar-refractivity contribution in [1.82, 2.24) is 20.4 Å². The summed E-state index contributed by atoms with van der Waals surface area (Å²) < 4.78 is 5.78. The van der Waals surface area contributed by atoms with Crippen molar-refractivity contribution >= 4 is 23.4 Å². The van der Waals surface area contributed by atoms with Crippen molar-refractivity contribution in [3.05, 3.63) is 46.2 Å². The average Bonchev–Trinajstić information content (AvgIpc) is 3.25. The van der Waals surface area contributed by atoms with Gasteiger partial charge in [0.25, 0.3) is 0 Å². The molecule has 7 nitrogen and oxygen atoms in total. The molecule has 0 spiro atoms. The van der Waals surface area contributed by atoms with Crippen molar-refractivity contribution in [3.8, 4) is 5.75 Å². The maximum atomic E-state index is 12.6.